The maximum absolute atomic E-state index is 13.6. The van der Waals surface area contributed by atoms with E-state index >= 15 is 0 Å². The first-order chi connectivity index (χ1) is 10.0. The molecule has 0 saturated heterocycles. The van der Waals surface area contributed by atoms with E-state index in [1.165, 1.54) is 38.2 Å². The SMILES string of the molecule is CC(C)CC1(CNCC(O)c2ccccc2F)CCCC1. The summed E-state index contributed by atoms with van der Waals surface area (Å²) < 4.78 is 13.6. The molecule has 1 unspecified atom stereocenters. The Morgan fingerprint density at radius 2 is 1.90 bits per heavy atom. The van der Waals surface area contributed by atoms with E-state index in [-0.39, 0.29) is 5.82 Å². The molecule has 3 heteroatoms. The van der Waals surface area contributed by atoms with Gasteiger partial charge in [0.05, 0.1) is 6.10 Å². The van der Waals surface area contributed by atoms with Gasteiger partial charge in [0.1, 0.15) is 5.82 Å². The smallest absolute Gasteiger partial charge is 0.129 e. The van der Waals surface area contributed by atoms with Crippen LogP contribution in [0.5, 0.6) is 0 Å². The molecule has 1 aromatic rings. The number of rotatable bonds is 7. The van der Waals surface area contributed by atoms with Gasteiger partial charge in [0.25, 0.3) is 0 Å². The summed E-state index contributed by atoms with van der Waals surface area (Å²) in [7, 11) is 0. The van der Waals surface area contributed by atoms with Crippen LogP contribution in [0.15, 0.2) is 24.3 Å². The van der Waals surface area contributed by atoms with Crippen LogP contribution in [-0.2, 0) is 0 Å². The molecule has 2 nitrogen and oxygen atoms in total. The molecule has 118 valence electrons. The van der Waals surface area contributed by atoms with Crippen LogP contribution in [0.25, 0.3) is 0 Å². The van der Waals surface area contributed by atoms with Gasteiger partial charge < -0.3 is 10.4 Å². The van der Waals surface area contributed by atoms with E-state index in [1.807, 2.05) is 0 Å². The van der Waals surface area contributed by atoms with E-state index in [1.54, 1.807) is 18.2 Å². The van der Waals surface area contributed by atoms with Gasteiger partial charge >= 0.3 is 0 Å². The van der Waals surface area contributed by atoms with Gasteiger partial charge in [0.2, 0.25) is 0 Å². The Kier molecular flexibility index (Phi) is 5.77. The van der Waals surface area contributed by atoms with E-state index in [2.05, 4.69) is 19.2 Å². The maximum Gasteiger partial charge on any atom is 0.129 e. The van der Waals surface area contributed by atoms with Crippen LogP contribution in [0.1, 0.15) is 57.6 Å². The van der Waals surface area contributed by atoms with Gasteiger partial charge in [0.15, 0.2) is 0 Å². The third-order valence-corrected chi connectivity index (χ3v) is 4.61. The van der Waals surface area contributed by atoms with E-state index in [9.17, 15) is 9.50 Å². The zero-order valence-electron chi connectivity index (χ0n) is 13.2. The number of aliphatic hydroxyl groups excluding tert-OH is 1. The van der Waals surface area contributed by atoms with Gasteiger partial charge in [-0.3, -0.25) is 0 Å². The van der Waals surface area contributed by atoms with Crippen LogP contribution in [0.4, 0.5) is 4.39 Å². The second-order valence-electron chi connectivity index (χ2n) is 6.97. The Labute approximate surface area is 127 Å². The fraction of sp³-hybridized carbons (Fsp3) is 0.667. The number of nitrogens with one attached hydrogen (secondary N) is 1. The Hall–Kier alpha value is -0.930. The summed E-state index contributed by atoms with van der Waals surface area (Å²) in [6.07, 6.45) is 5.62. The van der Waals surface area contributed by atoms with E-state index in [0.29, 0.717) is 23.4 Å². The van der Waals surface area contributed by atoms with Gasteiger partial charge in [-0.15, -0.1) is 0 Å². The van der Waals surface area contributed by atoms with Gasteiger partial charge in [0, 0.05) is 18.7 Å². The molecule has 1 atom stereocenters. The first kappa shape index (κ1) is 16.4. The lowest BCUT2D eigenvalue weighted by molar-refractivity contribution is 0.155. The topological polar surface area (TPSA) is 32.3 Å². The van der Waals surface area contributed by atoms with Crippen molar-refractivity contribution >= 4 is 0 Å². The second-order valence-corrected chi connectivity index (χ2v) is 6.97. The quantitative estimate of drug-likeness (QED) is 0.794. The Morgan fingerprint density at radius 3 is 2.52 bits per heavy atom. The lowest BCUT2D eigenvalue weighted by Crippen LogP contribution is -2.35. The molecule has 0 heterocycles. The van der Waals surface area contributed by atoms with Crippen molar-refractivity contribution in [1.82, 2.24) is 5.32 Å². The highest BCUT2D eigenvalue weighted by Crippen LogP contribution is 2.42. The van der Waals surface area contributed by atoms with Crippen molar-refractivity contribution in [2.24, 2.45) is 11.3 Å². The Bertz CT molecular complexity index is 441. The molecular formula is C18H28FNO. The third-order valence-electron chi connectivity index (χ3n) is 4.61. The summed E-state index contributed by atoms with van der Waals surface area (Å²) in [6, 6.07) is 6.46. The molecule has 2 N–H and O–H groups in total. The van der Waals surface area contributed by atoms with Crippen LogP contribution in [0.2, 0.25) is 0 Å². The largest absolute Gasteiger partial charge is 0.387 e. The summed E-state index contributed by atoms with van der Waals surface area (Å²) in [5.41, 5.74) is 0.762. The molecule has 1 aliphatic carbocycles. The molecule has 1 aromatic carbocycles. The molecule has 21 heavy (non-hydrogen) atoms. The van der Waals surface area contributed by atoms with Gasteiger partial charge in [-0.05, 0) is 36.7 Å². The Balaban J connectivity index is 1.86. The molecule has 0 spiro atoms. The minimum atomic E-state index is -0.774. The highest BCUT2D eigenvalue weighted by atomic mass is 19.1. The predicted molar refractivity (Wildman–Crippen MR) is 84.6 cm³/mol. The van der Waals surface area contributed by atoms with Crippen molar-refractivity contribution in [3.8, 4) is 0 Å². The van der Waals surface area contributed by atoms with Crippen molar-refractivity contribution in [2.75, 3.05) is 13.1 Å². The van der Waals surface area contributed by atoms with Gasteiger partial charge in [-0.1, -0.05) is 44.9 Å². The van der Waals surface area contributed by atoms with Crippen molar-refractivity contribution in [3.05, 3.63) is 35.6 Å². The molecule has 0 aliphatic heterocycles. The lowest BCUT2D eigenvalue weighted by Gasteiger charge is -2.31. The number of hydrogen-bond donors (Lipinski definition) is 2. The van der Waals surface area contributed by atoms with E-state index in [4.69, 9.17) is 0 Å². The molecule has 0 aromatic heterocycles. The van der Waals surface area contributed by atoms with Crippen molar-refractivity contribution < 1.29 is 9.50 Å². The molecule has 0 amide bonds. The molecule has 2 rings (SSSR count). The highest BCUT2D eigenvalue weighted by Gasteiger charge is 2.34. The molecule has 0 bridgehead atoms. The van der Waals surface area contributed by atoms with Crippen LogP contribution in [0.3, 0.4) is 0 Å². The van der Waals surface area contributed by atoms with Crippen LogP contribution < -0.4 is 5.32 Å². The Morgan fingerprint density at radius 1 is 1.24 bits per heavy atom. The minimum Gasteiger partial charge on any atom is -0.387 e. The maximum atomic E-state index is 13.6. The summed E-state index contributed by atoms with van der Waals surface area (Å²) in [4.78, 5) is 0. The summed E-state index contributed by atoms with van der Waals surface area (Å²) >= 11 is 0. The lowest BCUT2D eigenvalue weighted by atomic mass is 9.78. The summed E-state index contributed by atoms with van der Waals surface area (Å²) in [5, 5.41) is 13.5. The molecule has 0 radical (unpaired) electrons. The summed E-state index contributed by atoms with van der Waals surface area (Å²) in [5.74, 6) is 0.367. The molecule has 1 aliphatic rings. The number of benzene rings is 1. The monoisotopic (exact) mass is 293 g/mol. The van der Waals surface area contributed by atoms with E-state index in [0.717, 1.165) is 6.54 Å². The van der Waals surface area contributed by atoms with Crippen molar-refractivity contribution in [1.29, 1.82) is 0 Å². The third kappa shape index (κ3) is 4.52. The molecular weight excluding hydrogens is 265 g/mol. The molecule has 1 saturated carbocycles. The average Bonchev–Trinajstić information content (AvgIpc) is 2.86. The van der Waals surface area contributed by atoms with Gasteiger partial charge in [-0.2, -0.15) is 0 Å². The van der Waals surface area contributed by atoms with Crippen LogP contribution in [0, 0.1) is 17.2 Å². The number of halogens is 1. The number of hydrogen-bond acceptors (Lipinski definition) is 2. The summed E-state index contributed by atoms with van der Waals surface area (Å²) in [6.45, 7) is 5.89. The first-order valence-electron chi connectivity index (χ1n) is 8.16. The number of aliphatic hydroxyl groups is 1. The zero-order chi connectivity index (χ0) is 15.3. The predicted octanol–water partition coefficient (Wildman–Crippen LogP) is 4.06. The van der Waals surface area contributed by atoms with Crippen molar-refractivity contribution in [2.45, 2.75) is 52.1 Å². The highest BCUT2D eigenvalue weighted by molar-refractivity contribution is 5.19. The zero-order valence-corrected chi connectivity index (χ0v) is 13.2. The first-order valence-corrected chi connectivity index (χ1v) is 8.16. The minimum absolute atomic E-state index is 0.329. The average molecular weight is 293 g/mol. The fourth-order valence-electron chi connectivity index (χ4n) is 3.77. The van der Waals surface area contributed by atoms with Crippen molar-refractivity contribution in [3.63, 3.8) is 0 Å². The normalized spacial score (nSPS) is 19.1. The fourth-order valence-corrected chi connectivity index (χ4v) is 3.77. The molecule has 1 fully saturated rings. The standard InChI is InChI=1S/C18H28FNO/c1-14(2)11-18(9-5-6-10-18)13-20-12-17(21)15-7-3-4-8-16(15)19/h3-4,7-8,14,17,20-21H,5-6,9-13H2,1-2H3. The van der Waals surface area contributed by atoms with Gasteiger partial charge in [-0.25, -0.2) is 4.39 Å². The van der Waals surface area contributed by atoms with Crippen LogP contribution in [-0.4, -0.2) is 18.2 Å². The second kappa shape index (κ2) is 7.37. The van der Waals surface area contributed by atoms with E-state index < -0.39 is 6.10 Å². The van der Waals surface area contributed by atoms with Crippen LogP contribution >= 0.6 is 0 Å².